The van der Waals surface area contributed by atoms with Gasteiger partial charge in [0.2, 0.25) is 0 Å². The van der Waals surface area contributed by atoms with Crippen molar-refractivity contribution in [3.8, 4) is 0 Å². The molecule has 2 heteroatoms. The fraction of sp³-hybridized carbons (Fsp3) is 0.333. The fourth-order valence-corrected chi connectivity index (χ4v) is 1.22. The molecule has 1 nitrogen and oxygen atoms in total. The van der Waals surface area contributed by atoms with E-state index in [0.717, 1.165) is 10.6 Å². The van der Waals surface area contributed by atoms with Crippen molar-refractivity contribution in [2.75, 3.05) is 0 Å². The molecule has 1 aromatic rings. The zero-order valence-electron chi connectivity index (χ0n) is 6.42. The summed E-state index contributed by atoms with van der Waals surface area (Å²) in [5.74, 6) is 0. The van der Waals surface area contributed by atoms with Crippen LogP contribution in [-0.4, -0.2) is 11.2 Å². The van der Waals surface area contributed by atoms with E-state index < -0.39 is 0 Å². The average Bonchev–Trinajstić information content (AvgIpc) is 1.85. The fourth-order valence-electron chi connectivity index (χ4n) is 1.01. The van der Waals surface area contributed by atoms with Crippen LogP contribution in [0.2, 0.25) is 5.02 Å². The van der Waals surface area contributed by atoms with Gasteiger partial charge in [-0.1, -0.05) is 23.7 Å². The SMILES string of the molecule is C[C@H](O)Cc1cccc(Cl)c1. The van der Waals surface area contributed by atoms with Gasteiger partial charge >= 0.3 is 0 Å². The second-order valence-electron chi connectivity index (χ2n) is 2.68. The number of rotatable bonds is 2. The molecular formula is C9H11ClO. The lowest BCUT2D eigenvalue weighted by Gasteiger charge is -2.03. The molecule has 0 amide bonds. The van der Waals surface area contributed by atoms with E-state index in [1.165, 1.54) is 0 Å². The summed E-state index contributed by atoms with van der Waals surface area (Å²) in [6, 6.07) is 7.54. The number of aliphatic hydroxyl groups is 1. The Balaban J connectivity index is 2.71. The zero-order valence-corrected chi connectivity index (χ0v) is 7.17. The van der Waals surface area contributed by atoms with Gasteiger partial charge in [0, 0.05) is 5.02 Å². The first-order valence-corrected chi connectivity index (χ1v) is 3.99. The first-order chi connectivity index (χ1) is 5.18. The van der Waals surface area contributed by atoms with E-state index in [0.29, 0.717) is 6.42 Å². The van der Waals surface area contributed by atoms with Crippen molar-refractivity contribution in [2.45, 2.75) is 19.4 Å². The van der Waals surface area contributed by atoms with Crippen molar-refractivity contribution in [1.29, 1.82) is 0 Å². The van der Waals surface area contributed by atoms with E-state index in [1.807, 2.05) is 24.3 Å². The van der Waals surface area contributed by atoms with Gasteiger partial charge in [0.1, 0.15) is 0 Å². The van der Waals surface area contributed by atoms with E-state index in [2.05, 4.69) is 0 Å². The molecule has 1 aromatic carbocycles. The third kappa shape index (κ3) is 2.91. The van der Waals surface area contributed by atoms with Crippen LogP contribution >= 0.6 is 11.6 Å². The Labute approximate surface area is 71.6 Å². The molecule has 0 aliphatic heterocycles. The lowest BCUT2D eigenvalue weighted by atomic mass is 10.1. The summed E-state index contributed by atoms with van der Waals surface area (Å²) >= 11 is 5.75. The second kappa shape index (κ2) is 3.74. The Kier molecular flexibility index (Phi) is 2.92. The molecule has 11 heavy (non-hydrogen) atoms. The predicted molar refractivity (Wildman–Crippen MR) is 46.8 cm³/mol. The van der Waals surface area contributed by atoms with Gasteiger partial charge in [-0.05, 0) is 31.0 Å². The van der Waals surface area contributed by atoms with Crippen LogP contribution in [0.1, 0.15) is 12.5 Å². The number of aliphatic hydroxyl groups excluding tert-OH is 1. The molecule has 0 saturated carbocycles. The molecule has 1 rings (SSSR count). The lowest BCUT2D eigenvalue weighted by molar-refractivity contribution is 0.195. The molecule has 0 heterocycles. The molecule has 0 spiro atoms. The summed E-state index contributed by atoms with van der Waals surface area (Å²) in [5.41, 5.74) is 1.08. The average molecular weight is 171 g/mol. The van der Waals surface area contributed by atoms with Crippen molar-refractivity contribution >= 4 is 11.6 Å². The maximum Gasteiger partial charge on any atom is 0.0552 e. The van der Waals surface area contributed by atoms with Crippen molar-refractivity contribution in [2.24, 2.45) is 0 Å². The van der Waals surface area contributed by atoms with E-state index in [1.54, 1.807) is 6.92 Å². The first kappa shape index (κ1) is 8.57. The summed E-state index contributed by atoms with van der Waals surface area (Å²) in [6.07, 6.45) is 0.370. The molecule has 1 N–H and O–H groups in total. The van der Waals surface area contributed by atoms with Crippen molar-refractivity contribution in [1.82, 2.24) is 0 Å². The summed E-state index contributed by atoms with van der Waals surface area (Å²) < 4.78 is 0. The Hall–Kier alpha value is -0.530. The number of hydrogen-bond donors (Lipinski definition) is 1. The normalized spacial score (nSPS) is 13.0. The molecular weight excluding hydrogens is 160 g/mol. The highest BCUT2D eigenvalue weighted by molar-refractivity contribution is 6.30. The van der Waals surface area contributed by atoms with Crippen LogP contribution in [-0.2, 0) is 6.42 Å². The van der Waals surface area contributed by atoms with Crippen LogP contribution in [0.25, 0.3) is 0 Å². The molecule has 0 aliphatic rings. The minimum atomic E-state index is -0.298. The van der Waals surface area contributed by atoms with Crippen LogP contribution in [0.15, 0.2) is 24.3 Å². The largest absolute Gasteiger partial charge is 0.393 e. The lowest BCUT2D eigenvalue weighted by Crippen LogP contribution is -2.03. The second-order valence-corrected chi connectivity index (χ2v) is 3.12. The highest BCUT2D eigenvalue weighted by atomic mass is 35.5. The molecule has 0 saturated heterocycles. The summed E-state index contributed by atoms with van der Waals surface area (Å²) in [7, 11) is 0. The number of halogens is 1. The van der Waals surface area contributed by atoms with Gasteiger partial charge in [0.15, 0.2) is 0 Å². The van der Waals surface area contributed by atoms with Crippen LogP contribution in [0.4, 0.5) is 0 Å². The molecule has 0 aromatic heterocycles. The van der Waals surface area contributed by atoms with Gasteiger partial charge < -0.3 is 5.11 Å². The van der Waals surface area contributed by atoms with E-state index in [-0.39, 0.29) is 6.10 Å². The Morgan fingerprint density at radius 1 is 1.55 bits per heavy atom. The van der Waals surface area contributed by atoms with E-state index in [9.17, 15) is 0 Å². The third-order valence-electron chi connectivity index (χ3n) is 1.42. The summed E-state index contributed by atoms with van der Waals surface area (Å²) in [4.78, 5) is 0. The van der Waals surface area contributed by atoms with E-state index in [4.69, 9.17) is 16.7 Å². The van der Waals surface area contributed by atoms with Crippen LogP contribution < -0.4 is 0 Å². The molecule has 0 aliphatic carbocycles. The Morgan fingerprint density at radius 3 is 2.82 bits per heavy atom. The van der Waals surface area contributed by atoms with Gasteiger partial charge in [-0.3, -0.25) is 0 Å². The van der Waals surface area contributed by atoms with Crippen molar-refractivity contribution in [3.63, 3.8) is 0 Å². The van der Waals surface area contributed by atoms with Gasteiger partial charge in [0.05, 0.1) is 6.10 Å². The zero-order chi connectivity index (χ0) is 8.27. The van der Waals surface area contributed by atoms with Crippen molar-refractivity contribution in [3.05, 3.63) is 34.9 Å². The molecule has 1 atom stereocenters. The highest BCUT2D eigenvalue weighted by Gasteiger charge is 1.98. The summed E-state index contributed by atoms with van der Waals surface area (Å²) in [6.45, 7) is 1.76. The topological polar surface area (TPSA) is 20.2 Å². The van der Waals surface area contributed by atoms with E-state index >= 15 is 0 Å². The monoisotopic (exact) mass is 170 g/mol. The van der Waals surface area contributed by atoms with Gasteiger partial charge in [0.25, 0.3) is 0 Å². The standard InChI is InChI=1S/C9H11ClO/c1-7(11)5-8-3-2-4-9(10)6-8/h2-4,6-7,11H,5H2,1H3/t7-/m0/s1. The number of benzene rings is 1. The molecule has 0 radical (unpaired) electrons. The minimum absolute atomic E-state index is 0.298. The molecule has 60 valence electrons. The Bertz CT molecular complexity index is 233. The predicted octanol–water partition coefficient (Wildman–Crippen LogP) is 2.26. The smallest absolute Gasteiger partial charge is 0.0552 e. The van der Waals surface area contributed by atoms with Gasteiger partial charge in [-0.2, -0.15) is 0 Å². The quantitative estimate of drug-likeness (QED) is 0.722. The molecule has 0 bridgehead atoms. The number of hydrogen-bond acceptors (Lipinski definition) is 1. The molecule has 0 fully saturated rings. The molecule has 0 unspecified atom stereocenters. The third-order valence-corrected chi connectivity index (χ3v) is 1.66. The minimum Gasteiger partial charge on any atom is -0.393 e. The summed E-state index contributed by atoms with van der Waals surface area (Å²) in [5, 5.41) is 9.78. The van der Waals surface area contributed by atoms with Crippen molar-refractivity contribution < 1.29 is 5.11 Å². The maximum absolute atomic E-state index is 9.05. The van der Waals surface area contributed by atoms with Gasteiger partial charge in [-0.25, -0.2) is 0 Å². The Morgan fingerprint density at radius 2 is 2.27 bits per heavy atom. The maximum atomic E-state index is 9.05. The van der Waals surface area contributed by atoms with Gasteiger partial charge in [-0.15, -0.1) is 0 Å². The van der Waals surface area contributed by atoms with Crippen LogP contribution in [0.5, 0.6) is 0 Å². The highest BCUT2D eigenvalue weighted by Crippen LogP contribution is 2.11. The van der Waals surface area contributed by atoms with Crippen LogP contribution in [0.3, 0.4) is 0 Å². The van der Waals surface area contributed by atoms with Crippen LogP contribution in [0, 0.1) is 0 Å². The first-order valence-electron chi connectivity index (χ1n) is 3.61.